The zero-order valence-corrected chi connectivity index (χ0v) is 14.6. The fourth-order valence-corrected chi connectivity index (χ4v) is 4.58. The second-order valence-electron chi connectivity index (χ2n) is 6.85. The van der Waals surface area contributed by atoms with Crippen LogP contribution < -0.4 is 0 Å². The van der Waals surface area contributed by atoms with Crippen molar-refractivity contribution in [2.24, 2.45) is 5.92 Å². The molecular formula is C19H22N2O2S. The van der Waals surface area contributed by atoms with Crippen LogP contribution in [-0.2, 0) is 4.79 Å². The Morgan fingerprint density at radius 1 is 1.17 bits per heavy atom. The van der Waals surface area contributed by atoms with Crippen LogP contribution in [0, 0.1) is 5.92 Å². The Morgan fingerprint density at radius 3 is 2.75 bits per heavy atom. The zero-order chi connectivity index (χ0) is 16.5. The minimum atomic E-state index is 0.138. The number of rotatable bonds is 3. The van der Waals surface area contributed by atoms with Gasteiger partial charge in [0.25, 0.3) is 5.91 Å². The van der Waals surface area contributed by atoms with Crippen molar-refractivity contribution < 1.29 is 9.59 Å². The van der Waals surface area contributed by atoms with Crippen LogP contribution in [0.2, 0.25) is 0 Å². The number of hydrogen-bond acceptors (Lipinski definition) is 3. The van der Waals surface area contributed by atoms with Gasteiger partial charge in [-0.1, -0.05) is 0 Å². The predicted octanol–water partition coefficient (Wildman–Crippen LogP) is 3.38. The molecule has 126 valence electrons. The number of carbonyl (C=O) groups is 2. The number of piperidine rings is 1. The number of fused-ring (bicyclic) bond motifs is 1. The predicted molar refractivity (Wildman–Crippen MR) is 96.3 cm³/mol. The molecule has 2 aliphatic rings. The summed E-state index contributed by atoms with van der Waals surface area (Å²) < 4.78 is 1.22. The molecule has 2 saturated heterocycles. The topological polar surface area (TPSA) is 40.6 Å². The summed E-state index contributed by atoms with van der Waals surface area (Å²) in [4.78, 5) is 28.5. The van der Waals surface area contributed by atoms with Crippen molar-refractivity contribution in [2.45, 2.75) is 25.7 Å². The first-order chi connectivity index (χ1) is 11.7. The van der Waals surface area contributed by atoms with Crippen molar-refractivity contribution >= 4 is 33.2 Å². The molecule has 0 atom stereocenters. The van der Waals surface area contributed by atoms with Crippen molar-refractivity contribution in [1.82, 2.24) is 9.80 Å². The summed E-state index contributed by atoms with van der Waals surface area (Å²) in [6.45, 7) is 3.39. The summed E-state index contributed by atoms with van der Waals surface area (Å²) in [5.41, 5.74) is 0.786. The molecule has 0 spiro atoms. The molecule has 3 heterocycles. The van der Waals surface area contributed by atoms with Gasteiger partial charge >= 0.3 is 0 Å². The van der Waals surface area contributed by atoms with Gasteiger partial charge in [-0.05, 0) is 60.2 Å². The second kappa shape index (κ2) is 6.55. The Balaban J connectivity index is 1.36. The lowest BCUT2D eigenvalue weighted by atomic mass is 9.95. The lowest BCUT2D eigenvalue weighted by Crippen LogP contribution is -2.41. The SMILES string of the molecule is O=C1CCCN1CC1CCN(C(=O)c2ccc3sccc3c2)CC1. The quantitative estimate of drug-likeness (QED) is 0.858. The van der Waals surface area contributed by atoms with Gasteiger partial charge in [-0.3, -0.25) is 9.59 Å². The Morgan fingerprint density at radius 2 is 2.00 bits per heavy atom. The maximum absolute atomic E-state index is 12.7. The summed E-state index contributed by atoms with van der Waals surface area (Å²) in [5, 5.41) is 3.21. The smallest absolute Gasteiger partial charge is 0.253 e. The second-order valence-corrected chi connectivity index (χ2v) is 7.80. The highest BCUT2D eigenvalue weighted by Crippen LogP contribution is 2.25. The van der Waals surface area contributed by atoms with Gasteiger partial charge in [0.05, 0.1) is 0 Å². The Kier molecular flexibility index (Phi) is 4.27. The summed E-state index contributed by atoms with van der Waals surface area (Å²) in [7, 11) is 0. The van der Waals surface area contributed by atoms with E-state index in [0.29, 0.717) is 18.2 Å². The van der Waals surface area contributed by atoms with E-state index in [1.165, 1.54) is 4.70 Å². The first-order valence-electron chi connectivity index (χ1n) is 8.75. The highest BCUT2D eigenvalue weighted by Gasteiger charge is 2.28. The molecule has 2 fully saturated rings. The molecule has 0 N–H and O–H groups in total. The number of nitrogens with zero attached hydrogens (tertiary/aromatic N) is 2. The van der Waals surface area contributed by atoms with Gasteiger partial charge in [-0.2, -0.15) is 0 Å². The molecule has 2 amide bonds. The van der Waals surface area contributed by atoms with Crippen LogP contribution in [-0.4, -0.2) is 47.8 Å². The molecule has 24 heavy (non-hydrogen) atoms. The Bertz CT molecular complexity index is 762. The zero-order valence-electron chi connectivity index (χ0n) is 13.7. The number of benzene rings is 1. The van der Waals surface area contributed by atoms with Gasteiger partial charge < -0.3 is 9.80 Å². The van der Waals surface area contributed by atoms with Crippen LogP contribution in [0.3, 0.4) is 0 Å². The van der Waals surface area contributed by atoms with Crippen LogP contribution in [0.15, 0.2) is 29.6 Å². The van der Waals surface area contributed by atoms with Crippen molar-refractivity contribution in [3.63, 3.8) is 0 Å². The molecule has 0 unspecified atom stereocenters. The molecule has 5 heteroatoms. The lowest BCUT2D eigenvalue weighted by Gasteiger charge is -2.34. The first-order valence-corrected chi connectivity index (χ1v) is 9.63. The normalized spacial score (nSPS) is 19.4. The van der Waals surface area contributed by atoms with E-state index in [9.17, 15) is 9.59 Å². The third-order valence-electron chi connectivity index (χ3n) is 5.25. The number of thiophene rings is 1. The molecule has 1 aromatic heterocycles. The average molecular weight is 342 g/mol. The van der Waals surface area contributed by atoms with Crippen molar-refractivity contribution in [1.29, 1.82) is 0 Å². The highest BCUT2D eigenvalue weighted by atomic mass is 32.1. The average Bonchev–Trinajstić information content (AvgIpc) is 3.23. The number of hydrogen-bond donors (Lipinski definition) is 0. The summed E-state index contributed by atoms with van der Waals surface area (Å²) in [6, 6.07) is 8.05. The van der Waals surface area contributed by atoms with Gasteiger partial charge in [0.2, 0.25) is 5.91 Å². The number of amides is 2. The van der Waals surface area contributed by atoms with Gasteiger partial charge in [0, 0.05) is 42.9 Å². The largest absolute Gasteiger partial charge is 0.342 e. The minimum Gasteiger partial charge on any atom is -0.342 e. The van der Waals surface area contributed by atoms with E-state index < -0.39 is 0 Å². The Hall–Kier alpha value is -1.88. The summed E-state index contributed by atoms with van der Waals surface area (Å²) in [5.74, 6) is 0.979. The van der Waals surface area contributed by atoms with E-state index in [-0.39, 0.29) is 5.91 Å². The molecule has 4 nitrogen and oxygen atoms in total. The first kappa shape index (κ1) is 15.6. The van der Waals surface area contributed by atoms with E-state index in [2.05, 4.69) is 11.4 Å². The van der Waals surface area contributed by atoms with Crippen molar-refractivity contribution in [3.8, 4) is 0 Å². The maximum Gasteiger partial charge on any atom is 0.253 e. The monoisotopic (exact) mass is 342 g/mol. The third-order valence-corrected chi connectivity index (χ3v) is 6.15. The molecule has 2 aliphatic heterocycles. The highest BCUT2D eigenvalue weighted by molar-refractivity contribution is 7.17. The standard InChI is InChI=1S/C19H22N2O2S/c22-18-2-1-8-21(18)13-14-5-9-20(10-6-14)19(23)16-3-4-17-15(12-16)7-11-24-17/h3-4,7,11-12,14H,1-2,5-6,8-10,13H2. The molecular weight excluding hydrogens is 320 g/mol. The molecule has 2 aromatic rings. The van der Waals surface area contributed by atoms with Crippen molar-refractivity contribution in [3.05, 3.63) is 35.2 Å². The van der Waals surface area contributed by atoms with Crippen LogP contribution >= 0.6 is 11.3 Å². The van der Waals surface area contributed by atoms with E-state index in [1.807, 2.05) is 28.0 Å². The van der Waals surface area contributed by atoms with Crippen LogP contribution in [0.4, 0.5) is 0 Å². The van der Waals surface area contributed by atoms with E-state index >= 15 is 0 Å². The fourth-order valence-electron chi connectivity index (χ4n) is 3.81. The molecule has 1 aromatic carbocycles. The minimum absolute atomic E-state index is 0.138. The van der Waals surface area contributed by atoms with Crippen molar-refractivity contribution in [2.75, 3.05) is 26.2 Å². The van der Waals surface area contributed by atoms with Crippen LogP contribution in [0.5, 0.6) is 0 Å². The van der Waals surface area contributed by atoms with E-state index in [0.717, 1.165) is 56.4 Å². The fraction of sp³-hybridized carbons (Fsp3) is 0.474. The van der Waals surface area contributed by atoms with Crippen LogP contribution in [0.1, 0.15) is 36.0 Å². The summed E-state index contributed by atoms with van der Waals surface area (Å²) in [6.07, 6.45) is 3.70. The van der Waals surface area contributed by atoms with Gasteiger partial charge in [0.1, 0.15) is 0 Å². The number of carbonyl (C=O) groups excluding carboxylic acids is 2. The maximum atomic E-state index is 12.7. The van der Waals surface area contributed by atoms with Gasteiger partial charge in [0.15, 0.2) is 0 Å². The molecule has 4 rings (SSSR count). The molecule has 0 saturated carbocycles. The van der Waals surface area contributed by atoms with Crippen LogP contribution in [0.25, 0.3) is 10.1 Å². The number of likely N-dealkylation sites (tertiary alicyclic amines) is 2. The molecule has 0 bridgehead atoms. The van der Waals surface area contributed by atoms with Gasteiger partial charge in [-0.15, -0.1) is 11.3 Å². The molecule has 0 radical (unpaired) electrons. The van der Waals surface area contributed by atoms with E-state index in [4.69, 9.17) is 0 Å². The third kappa shape index (κ3) is 3.05. The molecule has 0 aliphatic carbocycles. The lowest BCUT2D eigenvalue weighted by molar-refractivity contribution is -0.128. The summed E-state index contributed by atoms with van der Waals surface area (Å²) >= 11 is 1.70. The van der Waals surface area contributed by atoms with E-state index in [1.54, 1.807) is 11.3 Å². The van der Waals surface area contributed by atoms with Gasteiger partial charge in [-0.25, -0.2) is 0 Å². The Labute approximate surface area is 146 Å².